The van der Waals surface area contributed by atoms with Crippen molar-refractivity contribution in [3.05, 3.63) is 95.6 Å². The number of hydrazine groups is 1. The number of amides is 3. The Morgan fingerprint density at radius 1 is 0.946 bits per heavy atom. The lowest BCUT2D eigenvalue weighted by atomic mass is 9.90. The van der Waals surface area contributed by atoms with Crippen LogP contribution in [0, 0.1) is 5.92 Å². The topological polar surface area (TPSA) is 94.3 Å². The van der Waals surface area contributed by atoms with Crippen molar-refractivity contribution in [2.24, 2.45) is 5.92 Å². The lowest BCUT2D eigenvalue weighted by Crippen LogP contribution is -2.55. The van der Waals surface area contributed by atoms with Crippen molar-refractivity contribution in [2.75, 3.05) is 0 Å². The molecule has 0 radical (unpaired) electrons. The lowest BCUT2D eigenvalue weighted by molar-refractivity contribution is -0.132. The molecule has 3 atom stereocenters. The summed E-state index contributed by atoms with van der Waals surface area (Å²) in [6, 6.07) is 24.3. The summed E-state index contributed by atoms with van der Waals surface area (Å²) >= 11 is 0. The van der Waals surface area contributed by atoms with Gasteiger partial charge in [0.2, 0.25) is 5.91 Å². The molecule has 3 unspecified atom stereocenters. The summed E-state index contributed by atoms with van der Waals surface area (Å²) in [5, 5.41) is 0.992. The predicted molar refractivity (Wildman–Crippen MR) is 143 cm³/mol. The highest BCUT2D eigenvalue weighted by molar-refractivity contribution is 6.04. The van der Waals surface area contributed by atoms with Crippen LogP contribution in [0.3, 0.4) is 0 Å². The van der Waals surface area contributed by atoms with Crippen LogP contribution in [0.25, 0.3) is 22.2 Å². The average Bonchev–Trinajstić information content (AvgIpc) is 3.43. The first kappa shape index (κ1) is 24.3. The lowest BCUT2D eigenvalue weighted by Gasteiger charge is -2.36. The fourth-order valence-electron chi connectivity index (χ4n) is 5.30. The van der Waals surface area contributed by atoms with E-state index in [9.17, 15) is 14.4 Å². The van der Waals surface area contributed by atoms with Gasteiger partial charge in [0, 0.05) is 29.0 Å². The van der Waals surface area contributed by atoms with Crippen molar-refractivity contribution in [3.8, 4) is 11.3 Å². The summed E-state index contributed by atoms with van der Waals surface area (Å²) in [4.78, 5) is 44.4. The van der Waals surface area contributed by atoms with Crippen molar-refractivity contribution < 1.29 is 14.4 Å². The number of aromatic amines is 1. The molecule has 0 saturated heterocycles. The maximum atomic E-state index is 14.0. The zero-order valence-electron chi connectivity index (χ0n) is 21.1. The fraction of sp³-hybridized carbons (Fsp3) is 0.233. The molecule has 2 heterocycles. The van der Waals surface area contributed by atoms with Crippen LogP contribution in [0.2, 0.25) is 0 Å². The van der Waals surface area contributed by atoms with E-state index in [0.717, 1.165) is 33.3 Å². The molecule has 1 aliphatic rings. The molecule has 3 aromatic carbocycles. The second kappa shape index (κ2) is 9.93. The minimum absolute atomic E-state index is 0.167. The van der Waals surface area contributed by atoms with Crippen LogP contribution in [-0.4, -0.2) is 33.6 Å². The summed E-state index contributed by atoms with van der Waals surface area (Å²) in [7, 11) is 0. The van der Waals surface area contributed by atoms with Crippen molar-refractivity contribution in [2.45, 2.75) is 39.3 Å². The molecule has 0 spiro atoms. The molecule has 7 nitrogen and oxygen atoms in total. The third kappa shape index (κ3) is 4.27. The maximum absolute atomic E-state index is 14.0. The minimum Gasteiger partial charge on any atom is -0.354 e. The van der Waals surface area contributed by atoms with Crippen molar-refractivity contribution in [1.82, 2.24) is 20.7 Å². The van der Waals surface area contributed by atoms with E-state index in [1.807, 2.05) is 92.7 Å². The van der Waals surface area contributed by atoms with Gasteiger partial charge < -0.3 is 9.88 Å². The molecule has 5 rings (SSSR count). The van der Waals surface area contributed by atoms with E-state index in [4.69, 9.17) is 0 Å². The highest BCUT2D eigenvalue weighted by Crippen LogP contribution is 2.47. The van der Waals surface area contributed by atoms with Crippen molar-refractivity contribution in [3.63, 3.8) is 0 Å². The Bertz CT molecular complexity index is 1480. The molecule has 0 aliphatic carbocycles. The molecule has 37 heavy (non-hydrogen) atoms. The highest BCUT2D eigenvalue weighted by Gasteiger charge is 2.47. The van der Waals surface area contributed by atoms with E-state index in [-0.39, 0.29) is 17.7 Å². The zero-order valence-corrected chi connectivity index (χ0v) is 21.1. The molecule has 7 heteroatoms. The Morgan fingerprint density at radius 2 is 1.62 bits per heavy atom. The Labute approximate surface area is 215 Å². The first-order valence-electron chi connectivity index (χ1n) is 12.6. The van der Waals surface area contributed by atoms with Gasteiger partial charge in [-0.05, 0) is 29.2 Å². The van der Waals surface area contributed by atoms with Crippen molar-refractivity contribution >= 4 is 28.6 Å². The Hall–Kier alpha value is -4.39. The van der Waals surface area contributed by atoms with Crippen LogP contribution < -0.4 is 10.9 Å². The van der Waals surface area contributed by atoms with Gasteiger partial charge in [0.05, 0.1) is 11.7 Å². The number of hydrogen-bond acceptors (Lipinski definition) is 3. The molecule has 4 aromatic rings. The van der Waals surface area contributed by atoms with E-state index in [1.54, 1.807) is 4.90 Å². The van der Waals surface area contributed by atoms with Gasteiger partial charge >= 0.3 is 0 Å². The highest BCUT2D eigenvalue weighted by atomic mass is 16.2. The quantitative estimate of drug-likeness (QED) is 0.331. The molecule has 0 saturated carbocycles. The number of para-hydroxylation sites is 1. The van der Waals surface area contributed by atoms with E-state index in [2.05, 4.69) is 15.8 Å². The number of H-pyrrole nitrogens is 1. The summed E-state index contributed by atoms with van der Waals surface area (Å²) in [5.74, 6) is -1.17. The number of carbonyl (C=O) groups excluding carboxylic acids is 3. The SMILES string of the molecule is CCC(C)C(C(=O)NNC(C)=O)N1C(=O)c2ccccc2C1c1c(-c2ccccc2)[nH]c2ccccc12. The number of carbonyl (C=O) groups is 3. The number of fused-ring (bicyclic) bond motifs is 2. The number of benzene rings is 3. The van der Waals surface area contributed by atoms with Crippen LogP contribution >= 0.6 is 0 Å². The number of nitrogens with one attached hydrogen (secondary N) is 3. The molecular formula is C30H30N4O3. The predicted octanol–water partition coefficient (Wildman–Crippen LogP) is 4.96. The fourth-order valence-corrected chi connectivity index (χ4v) is 5.30. The molecule has 0 fully saturated rings. The second-order valence-corrected chi connectivity index (χ2v) is 9.53. The second-order valence-electron chi connectivity index (χ2n) is 9.53. The van der Waals surface area contributed by atoms with Crippen LogP contribution in [0.15, 0.2) is 78.9 Å². The minimum atomic E-state index is -0.806. The van der Waals surface area contributed by atoms with E-state index < -0.39 is 18.0 Å². The molecule has 1 aliphatic heterocycles. The van der Waals surface area contributed by atoms with Gasteiger partial charge in [-0.15, -0.1) is 0 Å². The standard InChI is InChI=1S/C30H30N4O3/c1-4-18(2)27(29(36)33-32-19(3)35)34-28(21-14-8-9-15-22(21)30(34)37)25-23-16-10-11-17-24(23)31-26(25)20-12-6-5-7-13-20/h5-18,27-28,31H,4H2,1-3H3,(H,32,35)(H,33,36). The molecule has 3 N–H and O–H groups in total. The average molecular weight is 495 g/mol. The third-order valence-electron chi connectivity index (χ3n) is 7.19. The Balaban J connectivity index is 1.76. The molecule has 1 aromatic heterocycles. The summed E-state index contributed by atoms with van der Waals surface area (Å²) in [5.41, 5.74) is 10.2. The summed E-state index contributed by atoms with van der Waals surface area (Å²) in [6.45, 7) is 5.28. The van der Waals surface area contributed by atoms with Gasteiger partial charge in [-0.1, -0.05) is 87.0 Å². The van der Waals surface area contributed by atoms with Crippen LogP contribution in [-0.2, 0) is 9.59 Å². The number of aromatic nitrogens is 1. The van der Waals surface area contributed by atoms with E-state index >= 15 is 0 Å². The van der Waals surface area contributed by atoms with E-state index in [0.29, 0.717) is 12.0 Å². The van der Waals surface area contributed by atoms with Gasteiger partial charge in [-0.25, -0.2) is 0 Å². The Kier molecular flexibility index (Phi) is 6.53. The monoisotopic (exact) mass is 494 g/mol. The smallest absolute Gasteiger partial charge is 0.261 e. The van der Waals surface area contributed by atoms with Crippen LogP contribution in [0.1, 0.15) is 54.7 Å². The van der Waals surface area contributed by atoms with Crippen LogP contribution in [0.4, 0.5) is 0 Å². The summed E-state index contributed by atoms with van der Waals surface area (Å²) in [6.07, 6.45) is 0.671. The molecular weight excluding hydrogens is 464 g/mol. The van der Waals surface area contributed by atoms with Gasteiger partial charge in [0.25, 0.3) is 11.8 Å². The molecule has 0 bridgehead atoms. The van der Waals surface area contributed by atoms with Crippen molar-refractivity contribution in [1.29, 1.82) is 0 Å². The number of rotatable bonds is 6. The normalized spacial score (nSPS) is 16.4. The number of hydrogen-bond donors (Lipinski definition) is 3. The third-order valence-corrected chi connectivity index (χ3v) is 7.19. The first-order valence-corrected chi connectivity index (χ1v) is 12.6. The summed E-state index contributed by atoms with van der Waals surface area (Å²) < 4.78 is 0. The largest absolute Gasteiger partial charge is 0.354 e. The number of nitrogens with zero attached hydrogens (tertiary/aromatic N) is 1. The van der Waals surface area contributed by atoms with Gasteiger partial charge in [-0.2, -0.15) is 0 Å². The molecule has 188 valence electrons. The van der Waals surface area contributed by atoms with Gasteiger partial charge in [0.1, 0.15) is 6.04 Å². The van der Waals surface area contributed by atoms with Gasteiger partial charge in [-0.3, -0.25) is 25.2 Å². The zero-order chi connectivity index (χ0) is 26.1. The molecule has 3 amide bonds. The van der Waals surface area contributed by atoms with E-state index in [1.165, 1.54) is 6.92 Å². The Morgan fingerprint density at radius 3 is 2.35 bits per heavy atom. The maximum Gasteiger partial charge on any atom is 0.261 e. The van der Waals surface area contributed by atoms with Gasteiger partial charge in [0.15, 0.2) is 0 Å². The van der Waals surface area contributed by atoms with Crippen LogP contribution in [0.5, 0.6) is 0 Å². The first-order chi connectivity index (χ1) is 17.9.